The molecule has 0 bridgehead atoms. The fourth-order valence-electron chi connectivity index (χ4n) is 2.09. The maximum Gasteiger partial charge on any atom is 0.141 e. The third-order valence-corrected chi connectivity index (χ3v) is 3.15. The van der Waals surface area contributed by atoms with Gasteiger partial charge in [-0.2, -0.15) is 0 Å². The van der Waals surface area contributed by atoms with Crippen molar-refractivity contribution in [2.24, 2.45) is 5.73 Å². The Labute approximate surface area is 95.5 Å². The Hall–Kier alpha value is -1.00. The molecule has 4 heteroatoms. The number of pyridine rings is 1. The topological polar surface area (TPSA) is 42.1 Å². The molecule has 1 aromatic heterocycles. The second-order valence-corrected chi connectivity index (χ2v) is 4.36. The van der Waals surface area contributed by atoms with E-state index in [4.69, 9.17) is 5.73 Å². The quantitative estimate of drug-likeness (QED) is 0.823. The molecule has 1 aliphatic carbocycles. The molecule has 3 nitrogen and oxygen atoms in total. The molecule has 1 aromatic rings. The summed E-state index contributed by atoms with van der Waals surface area (Å²) in [5.74, 6) is -0.265. The third-order valence-electron chi connectivity index (χ3n) is 3.15. The molecular weight excluding hydrogens is 205 g/mol. The number of aromatic nitrogens is 1. The highest BCUT2D eigenvalue weighted by Gasteiger charge is 2.24. The standard InChI is InChI=1S/C12H18FN3/c13-11-6-10(7-15-8-11)9-16(5-4-14)12-2-1-3-12/h6-8,12H,1-5,9,14H2. The summed E-state index contributed by atoms with van der Waals surface area (Å²) in [4.78, 5) is 6.20. The number of nitrogens with two attached hydrogens (primary N) is 1. The molecule has 1 fully saturated rings. The van der Waals surface area contributed by atoms with Gasteiger partial charge in [-0.1, -0.05) is 6.42 Å². The van der Waals surface area contributed by atoms with Gasteiger partial charge in [-0.05, 0) is 24.5 Å². The van der Waals surface area contributed by atoms with Crippen molar-refractivity contribution in [1.82, 2.24) is 9.88 Å². The van der Waals surface area contributed by atoms with Gasteiger partial charge in [0.25, 0.3) is 0 Å². The van der Waals surface area contributed by atoms with Crippen LogP contribution < -0.4 is 5.73 Å². The molecule has 0 unspecified atom stereocenters. The van der Waals surface area contributed by atoms with Gasteiger partial charge in [0, 0.05) is 31.9 Å². The summed E-state index contributed by atoms with van der Waals surface area (Å²) < 4.78 is 13.0. The lowest BCUT2D eigenvalue weighted by Gasteiger charge is -2.37. The maximum atomic E-state index is 13.0. The van der Waals surface area contributed by atoms with E-state index in [9.17, 15) is 4.39 Å². The first-order valence-electron chi connectivity index (χ1n) is 5.83. The van der Waals surface area contributed by atoms with Crippen LogP contribution in [-0.4, -0.2) is 29.0 Å². The Kier molecular flexibility index (Phi) is 3.85. The van der Waals surface area contributed by atoms with Crippen molar-refractivity contribution >= 4 is 0 Å². The first-order chi connectivity index (χ1) is 7.79. The van der Waals surface area contributed by atoms with E-state index in [1.165, 1.54) is 25.5 Å². The zero-order valence-electron chi connectivity index (χ0n) is 9.40. The number of hydrogen-bond donors (Lipinski definition) is 1. The molecular formula is C12H18FN3. The van der Waals surface area contributed by atoms with E-state index in [1.54, 1.807) is 12.3 Å². The molecule has 0 amide bonds. The second-order valence-electron chi connectivity index (χ2n) is 4.36. The van der Waals surface area contributed by atoms with Crippen LogP contribution in [0, 0.1) is 5.82 Å². The van der Waals surface area contributed by atoms with E-state index in [2.05, 4.69) is 9.88 Å². The van der Waals surface area contributed by atoms with Crippen LogP contribution in [0.25, 0.3) is 0 Å². The Morgan fingerprint density at radius 3 is 2.81 bits per heavy atom. The van der Waals surface area contributed by atoms with Crippen molar-refractivity contribution in [2.45, 2.75) is 31.8 Å². The molecule has 0 spiro atoms. The highest BCUT2D eigenvalue weighted by molar-refractivity contribution is 5.10. The average molecular weight is 223 g/mol. The van der Waals surface area contributed by atoms with E-state index >= 15 is 0 Å². The molecule has 2 rings (SSSR count). The molecule has 88 valence electrons. The lowest BCUT2D eigenvalue weighted by Crippen LogP contribution is -2.42. The van der Waals surface area contributed by atoms with Crippen LogP contribution in [-0.2, 0) is 6.54 Å². The molecule has 0 radical (unpaired) electrons. The van der Waals surface area contributed by atoms with Crippen LogP contribution in [0.1, 0.15) is 24.8 Å². The average Bonchev–Trinajstić information content (AvgIpc) is 2.15. The van der Waals surface area contributed by atoms with Gasteiger partial charge in [0.2, 0.25) is 0 Å². The van der Waals surface area contributed by atoms with Gasteiger partial charge < -0.3 is 5.73 Å². The fourth-order valence-corrected chi connectivity index (χ4v) is 2.09. The smallest absolute Gasteiger partial charge is 0.141 e. The van der Waals surface area contributed by atoms with Crippen LogP contribution >= 0.6 is 0 Å². The summed E-state index contributed by atoms with van der Waals surface area (Å²) in [6, 6.07) is 2.18. The highest BCUT2D eigenvalue weighted by Crippen LogP contribution is 2.25. The monoisotopic (exact) mass is 223 g/mol. The van der Waals surface area contributed by atoms with Crippen LogP contribution in [0.5, 0.6) is 0 Å². The van der Waals surface area contributed by atoms with E-state index in [-0.39, 0.29) is 5.82 Å². The molecule has 2 N–H and O–H groups in total. The SMILES string of the molecule is NCCN(Cc1cncc(F)c1)C1CCC1. The predicted molar refractivity (Wildman–Crippen MR) is 61.3 cm³/mol. The minimum atomic E-state index is -0.265. The van der Waals surface area contributed by atoms with Crippen molar-refractivity contribution in [3.05, 3.63) is 29.8 Å². The van der Waals surface area contributed by atoms with E-state index < -0.39 is 0 Å². The van der Waals surface area contributed by atoms with Crippen LogP contribution in [0.2, 0.25) is 0 Å². The maximum absolute atomic E-state index is 13.0. The second kappa shape index (κ2) is 5.37. The molecule has 0 saturated heterocycles. The predicted octanol–water partition coefficient (Wildman–Crippen LogP) is 1.53. The van der Waals surface area contributed by atoms with Crippen LogP contribution in [0.4, 0.5) is 4.39 Å². The van der Waals surface area contributed by atoms with Gasteiger partial charge in [-0.15, -0.1) is 0 Å². The van der Waals surface area contributed by atoms with Crippen LogP contribution in [0.15, 0.2) is 18.5 Å². The molecule has 16 heavy (non-hydrogen) atoms. The van der Waals surface area contributed by atoms with E-state index in [1.807, 2.05) is 0 Å². The first-order valence-corrected chi connectivity index (χ1v) is 5.83. The third kappa shape index (κ3) is 2.77. The van der Waals surface area contributed by atoms with E-state index in [0.717, 1.165) is 18.7 Å². The molecule has 0 aromatic carbocycles. The summed E-state index contributed by atoms with van der Waals surface area (Å²) in [5.41, 5.74) is 6.53. The zero-order valence-corrected chi connectivity index (χ0v) is 9.40. The largest absolute Gasteiger partial charge is 0.329 e. The van der Waals surface area contributed by atoms with Gasteiger partial charge in [0.1, 0.15) is 5.82 Å². The van der Waals surface area contributed by atoms with Crippen molar-refractivity contribution in [3.8, 4) is 0 Å². The Bertz CT molecular complexity index is 339. The van der Waals surface area contributed by atoms with Crippen molar-refractivity contribution in [3.63, 3.8) is 0 Å². The molecule has 1 heterocycles. The van der Waals surface area contributed by atoms with Crippen molar-refractivity contribution in [1.29, 1.82) is 0 Å². The summed E-state index contributed by atoms with van der Waals surface area (Å²) in [5, 5.41) is 0. The minimum Gasteiger partial charge on any atom is -0.329 e. The summed E-state index contributed by atoms with van der Waals surface area (Å²) in [6.07, 6.45) is 6.74. The molecule has 0 atom stereocenters. The number of nitrogens with zero attached hydrogens (tertiary/aromatic N) is 2. The summed E-state index contributed by atoms with van der Waals surface area (Å²) in [7, 11) is 0. The summed E-state index contributed by atoms with van der Waals surface area (Å²) >= 11 is 0. The van der Waals surface area contributed by atoms with Gasteiger partial charge >= 0.3 is 0 Å². The van der Waals surface area contributed by atoms with Crippen LogP contribution in [0.3, 0.4) is 0 Å². The lowest BCUT2D eigenvalue weighted by atomic mass is 9.91. The Balaban J connectivity index is 1.98. The van der Waals surface area contributed by atoms with E-state index in [0.29, 0.717) is 12.6 Å². The zero-order chi connectivity index (χ0) is 11.4. The fraction of sp³-hybridized carbons (Fsp3) is 0.583. The minimum absolute atomic E-state index is 0.265. The number of hydrogen-bond acceptors (Lipinski definition) is 3. The Morgan fingerprint density at radius 2 is 2.25 bits per heavy atom. The normalized spacial score (nSPS) is 16.4. The highest BCUT2D eigenvalue weighted by atomic mass is 19.1. The summed E-state index contributed by atoms with van der Waals surface area (Å²) in [6.45, 7) is 2.28. The van der Waals surface area contributed by atoms with Gasteiger partial charge in [-0.25, -0.2) is 4.39 Å². The van der Waals surface area contributed by atoms with Crippen molar-refractivity contribution in [2.75, 3.05) is 13.1 Å². The van der Waals surface area contributed by atoms with Gasteiger partial charge in [-0.3, -0.25) is 9.88 Å². The number of halogens is 1. The first kappa shape index (κ1) is 11.5. The van der Waals surface area contributed by atoms with Gasteiger partial charge in [0.05, 0.1) is 6.20 Å². The molecule has 1 saturated carbocycles. The molecule has 1 aliphatic rings. The lowest BCUT2D eigenvalue weighted by molar-refractivity contribution is 0.123. The molecule has 0 aliphatic heterocycles. The van der Waals surface area contributed by atoms with Gasteiger partial charge in [0.15, 0.2) is 0 Å². The Morgan fingerprint density at radius 1 is 1.44 bits per heavy atom. The number of rotatable bonds is 5. The van der Waals surface area contributed by atoms with Crippen molar-refractivity contribution < 1.29 is 4.39 Å².